The van der Waals surface area contributed by atoms with Crippen LogP contribution < -0.4 is 17.2 Å². The number of aliphatic imine (C=N–C) groups is 1. The molecule has 0 bridgehead atoms. The zero-order valence-corrected chi connectivity index (χ0v) is 12.4. The molecule has 7 N–H and O–H groups in total. The fraction of sp³-hybridized carbons (Fsp3) is 0.769. The van der Waals surface area contributed by atoms with E-state index in [1.54, 1.807) is 0 Å². The number of amides is 1. The average Bonchev–Trinajstić information content (AvgIpc) is 2.42. The number of carbonyl (C=O) groups is 2. The molecule has 21 heavy (non-hydrogen) atoms. The second kappa shape index (κ2) is 7.82. The Hall–Kier alpha value is -1.83. The molecular formula is C13H25N5O3. The SMILES string of the molecule is C[C@H]1CCN(C(=O)[C@H](N)CCCN=C(N)N)[C@@H](C(=O)O)C1. The fourth-order valence-corrected chi connectivity index (χ4v) is 2.50. The largest absolute Gasteiger partial charge is 0.480 e. The Bertz CT molecular complexity index is 409. The first-order valence-electron chi connectivity index (χ1n) is 7.17. The van der Waals surface area contributed by atoms with Crippen LogP contribution in [-0.4, -0.2) is 53.0 Å². The summed E-state index contributed by atoms with van der Waals surface area (Å²) in [6.45, 7) is 2.84. The van der Waals surface area contributed by atoms with Gasteiger partial charge in [-0.1, -0.05) is 6.92 Å². The molecule has 1 amide bonds. The van der Waals surface area contributed by atoms with Gasteiger partial charge in [-0.05, 0) is 31.6 Å². The number of guanidine groups is 1. The number of carboxylic acid groups (broad SMARTS) is 1. The summed E-state index contributed by atoms with van der Waals surface area (Å²) in [6, 6.07) is -1.49. The predicted octanol–water partition coefficient (Wildman–Crippen LogP) is -0.921. The van der Waals surface area contributed by atoms with Crippen molar-refractivity contribution < 1.29 is 14.7 Å². The smallest absolute Gasteiger partial charge is 0.326 e. The Kier molecular flexibility index (Phi) is 6.41. The van der Waals surface area contributed by atoms with Crippen molar-refractivity contribution >= 4 is 17.8 Å². The molecule has 1 heterocycles. The van der Waals surface area contributed by atoms with Gasteiger partial charge in [0.05, 0.1) is 6.04 Å². The lowest BCUT2D eigenvalue weighted by Gasteiger charge is -2.37. The highest BCUT2D eigenvalue weighted by molar-refractivity contribution is 5.87. The summed E-state index contributed by atoms with van der Waals surface area (Å²) >= 11 is 0. The molecule has 0 spiro atoms. The maximum absolute atomic E-state index is 12.3. The number of carbonyl (C=O) groups excluding carboxylic acids is 1. The summed E-state index contributed by atoms with van der Waals surface area (Å²) in [5.41, 5.74) is 16.3. The quantitative estimate of drug-likeness (QED) is 0.283. The van der Waals surface area contributed by atoms with Crippen LogP contribution in [0.5, 0.6) is 0 Å². The minimum absolute atomic E-state index is 0.00542. The van der Waals surface area contributed by atoms with Gasteiger partial charge in [0.15, 0.2) is 5.96 Å². The zero-order valence-electron chi connectivity index (χ0n) is 12.4. The van der Waals surface area contributed by atoms with Gasteiger partial charge in [0.25, 0.3) is 0 Å². The van der Waals surface area contributed by atoms with Gasteiger partial charge in [-0.2, -0.15) is 0 Å². The molecule has 1 saturated heterocycles. The van der Waals surface area contributed by atoms with E-state index < -0.39 is 18.1 Å². The van der Waals surface area contributed by atoms with Crippen molar-refractivity contribution in [3.63, 3.8) is 0 Å². The van der Waals surface area contributed by atoms with Gasteiger partial charge in [0, 0.05) is 13.1 Å². The minimum Gasteiger partial charge on any atom is -0.480 e. The van der Waals surface area contributed by atoms with Gasteiger partial charge < -0.3 is 27.2 Å². The molecule has 0 radical (unpaired) electrons. The summed E-state index contributed by atoms with van der Waals surface area (Å²) in [4.78, 5) is 28.8. The molecule has 0 aromatic rings. The Morgan fingerprint density at radius 2 is 2.10 bits per heavy atom. The number of piperidine rings is 1. The molecule has 1 aliphatic heterocycles. The third-order valence-electron chi connectivity index (χ3n) is 3.72. The van der Waals surface area contributed by atoms with Crippen LogP contribution in [0.4, 0.5) is 0 Å². The van der Waals surface area contributed by atoms with E-state index in [0.717, 1.165) is 6.42 Å². The molecule has 0 unspecified atom stereocenters. The van der Waals surface area contributed by atoms with Crippen LogP contribution in [0.15, 0.2) is 4.99 Å². The van der Waals surface area contributed by atoms with Crippen molar-refractivity contribution in [2.75, 3.05) is 13.1 Å². The highest BCUT2D eigenvalue weighted by Crippen LogP contribution is 2.23. The predicted molar refractivity (Wildman–Crippen MR) is 79.4 cm³/mol. The van der Waals surface area contributed by atoms with Crippen LogP contribution in [0, 0.1) is 5.92 Å². The van der Waals surface area contributed by atoms with E-state index in [9.17, 15) is 14.7 Å². The highest BCUT2D eigenvalue weighted by Gasteiger charge is 2.36. The first kappa shape index (κ1) is 17.2. The summed E-state index contributed by atoms with van der Waals surface area (Å²) in [5.74, 6) is -0.972. The topological polar surface area (TPSA) is 148 Å². The number of hydrogen-bond donors (Lipinski definition) is 4. The van der Waals surface area contributed by atoms with Crippen molar-refractivity contribution in [3.8, 4) is 0 Å². The summed E-state index contributed by atoms with van der Waals surface area (Å²) in [7, 11) is 0. The van der Waals surface area contributed by atoms with E-state index in [4.69, 9.17) is 17.2 Å². The second-order valence-electron chi connectivity index (χ2n) is 5.57. The van der Waals surface area contributed by atoms with Crippen molar-refractivity contribution in [2.45, 2.75) is 44.7 Å². The number of hydrogen-bond acceptors (Lipinski definition) is 4. The standard InChI is InChI=1S/C13H25N5O3/c1-8-4-6-18(10(7-8)12(20)21)11(19)9(14)3-2-5-17-13(15)16/h8-10H,2-7,14H2,1H3,(H,20,21)(H4,15,16,17)/t8-,9+,10+/m0/s1. The van der Waals surface area contributed by atoms with Crippen LogP contribution in [0.2, 0.25) is 0 Å². The first-order chi connectivity index (χ1) is 9.82. The molecule has 1 rings (SSSR count). The summed E-state index contributed by atoms with van der Waals surface area (Å²) in [5, 5.41) is 9.25. The Morgan fingerprint density at radius 1 is 1.43 bits per heavy atom. The normalized spacial score (nSPS) is 23.4. The summed E-state index contributed by atoms with van der Waals surface area (Å²) < 4.78 is 0. The highest BCUT2D eigenvalue weighted by atomic mass is 16.4. The molecule has 1 aliphatic rings. The Balaban J connectivity index is 2.55. The average molecular weight is 299 g/mol. The van der Waals surface area contributed by atoms with Crippen molar-refractivity contribution in [1.82, 2.24) is 4.90 Å². The molecule has 0 aromatic carbocycles. The Labute approximate surface area is 124 Å². The number of aliphatic carboxylic acids is 1. The third-order valence-corrected chi connectivity index (χ3v) is 3.72. The van der Waals surface area contributed by atoms with E-state index in [2.05, 4.69) is 4.99 Å². The monoisotopic (exact) mass is 299 g/mol. The van der Waals surface area contributed by atoms with E-state index in [-0.39, 0.29) is 11.9 Å². The molecule has 1 fully saturated rings. The van der Waals surface area contributed by atoms with Crippen LogP contribution >= 0.6 is 0 Å². The van der Waals surface area contributed by atoms with E-state index in [1.165, 1.54) is 4.90 Å². The number of nitrogens with zero attached hydrogens (tertiary/aromatic N) is 2. The maximum atomic E-state index is 12.3. The van der Waals surface area contributed by atoms with Gasteiger partial charge in [-0.25, -0.2) is 4.79 Å². The molecule has 8 nitrogen and oxygen atoms in total. The molecule has 3 atom stereocenters. The van der Waals surface area contributed by atoms with Gasteiger partial charge in [0.1, 0.15) is 6.04 Å². The number of nitrogens with two attached hydrogens (primary N) is 3. The van der Waals surface area contributed by atoms with E-state index >= 15 is 0 Å². The second-order valence-corrected chi connectivity index (χ2v) is 5.57. The number of carboxylic acids is 1. The van der Waals surface area contributed by atoms with Crippen LogP contribution in [0.25, 0.3) is 0 Å². The van der Waals surface area contributed by atoms with Gasteiger partial charge in [-0.15, -0.1) is 0 Å². The van der Waals surface area contributed by atoms with Crippen LogP contribution in [0.1, 0.15) is 32.6 Å². The fourth-order valence-electron chi connectivity index (χ4n) is 2.50. The molecule has 0 saturated carbocycles. The lowest BCUT2D eigenvalue weighted by molar-refractivity contribution is -0.153. The lowest BCUT2D eigenvalue weighted by Crippen LogP contribution is -2.54. The van der Waals surface area contributed by atoms with Gasteiger partial charge >= 0.3 is 5.97 Å². The lowest BCUT2D eigenvalue weighted by atomic mass is 9.91. The minimum atomic E-state index is -0.970. The van der Waals surface area contributed by atoms with Gasteiger partial charge in [0.2, 0.25) is 5.91 Å². The van der Waals surface area contributed by atoms with E-state index in [1.807, 2.05) is 6.92 Å². The van der Waals surface area contributed by atoms with Crippen LogP contribution in [0.3, 0.4) is 0 Å². The third kappa shape index (κ3) is 5.22. The molecular weight excluding hydrogens is 274 g/mol. The molecule has 0 aromatic heterocycles. The van der Waals surface area contributed by atoms with E-state index in [0.29, 0.717) is 38.3 Å². The first-order valence-corrected chi connectivity index (χ1v) is 7.17. The molecule has 0 aliphatic carbocycles. The van der Waals surface area contributed by atoms with Crippen LogP contribution in [-0.2, 0) is 9.59 Å². The summed E-state index contributed by atoms with van der Waals surface area (Å²) in [6.07, 6.45) is 2.28. The number of likely N-dealkylation sites (tertiary alicyclic amines) is 1. The van der Waals surface area contributed by atoms with Gasteiger partial charge in [-0.3, -0.25) is 9.79 Å². The van der Waals surface area contributed by atoms with Crippen molar-refractivity contribution in [2.24, 2.45) is 28.1 Å². The molecule has 120 valence electrons. The maximum Gasteiger partial charge on any atom is 0.326 e. The Morgan fingerprint density at radius 3 is 2.67 bits per heavy atom. The van der Waals surface area contributed by atoms with Crippen molar-refractivity contribution in [3.05, 3.63) is 0 Å². The molecule has 8 heteroatoms. The number of rotatable bonds is 6. The zero-order chi connectivity index (χ0) is 16.0. The van der Waals surface area contributed by atoms with Crippen molar-refractivity contribution in [1.29, 1.82) is 0 Å².